The molecular formula is C21H23N3O2. The molecule has 134 valence electrons. The molecule has 1 aromatic carbocycles. The highest BCUT2D eigenvalue weighted by Crippen LogP contribution is 2.34. The summed E-state index contributed by atoms with van der Waals surface area (Å²) in [6, 6.07) is 7.69. The lowest BCUT2D eigenvalue weighted by atomic mass is 9.86. The fourth-order valence-corrected chi connectivity index (χ4v) is 4.08. The van der Waals surface area contributed by atoms with Crippen LogP contribution in [0, 0.1) is 18.8 Å². The highest BCUT2D eigenvalue weighted by molar-refractivity contribution is 5.95. The number of hydrogen-bond acceptors (Lipinski definition) is 4. The van der Waals surface area contributed by atoms with Gasteiger partial charge in [-0.25, -0.2) is 9.97 Å². The lowest BCUT2D eigenvalue weighted by Crippen LogP contribution is -2.28. The predicted octanol–water partition coefficient (Wildman–Crippen LogP) is 3.50. The van der Waals surface area contributed by atoms with Crippen molar-refractivity contribution in [3.8, 4) is 17.0 Å². The van der Waals surface area contributed by atoms with Crippen LogP contribution in [0.3, 0.4) is 0 Å². The summed E-state index contributed by atoms with van der Waals surface area (Å²) in [5, 5.41) is 0. The van der Waals surface area contributed by atoms with Gasteiger partial charge in [0.25, 0.3) is 5.91 Å². The molecule has 1 amide bonds. The van der Waals surface area contributed by atoms with Gasteiger partial charge in [-0.05, 0) is 49.3 Å². The van der Waals surface area contributed by atoms with Crippen molar-refractivity contribution >= 4 is 5.91 Å². The number of allylic oxidation sites excluding steroid dienone is 2. The summed E-state index contributed by atoms with van der Waals surface area (Å²) < 4.78 is 5.36. The third-order valence-electron chi connectivity index (χ3n) is 5.52. The second-order valence-electron chi connectivity index (χ2n) is 7.09. The molecule has 0 unspecified atom stereocenters. The molecule has 0 bridgehead atoms. The van der Waals surface area contributed by atoms with E-state index in [1.807, 2.05) is 36.1 Å². The van der Waals surface area contributed by atoms with E-state index in [0.29, 0.717) is 17.7 Å². The molecule has 1 aromatic heterocycles. The van der Waals surface area contributed by atoms with Crippen LogP contribution in [0.4, 0.5) is 0 Å². The Kier molecular flexibility index (Phi) is 4.45. The SMILES string of the molecule is COc1ncnc(C)c1-c1ccc(C(=O)N2C[C@H]3CC=CC[C@H]3C2)cc1. The van der Waals surface area contributed by atoms with Crippen molar-refractivity contribution in [2.75, 3.05) is 20.2 Å². The maximum absolute atomic E-state index is 12.9. The highest BCUT2D eigenvalue weighted by atomic mass is 16.5. The van der Waals surface area contributed by atoms with E-state index in [1.165, 1.54) is 6.33 Å². The van der Waals surface area contributed by atoms with E-state index in [2.05, 4.69) is 22.1 Å². The van der Waals surface area contributed by atoms with E-state index in [9.17, 15) is 4.79 Å². The largest absolute Gasteiger partial charge is 0.480 e. The van der Waals surface area contributed by atoms with E-state index in [0.717, 1.165) is 48.3 Å². The van der Waals surface area contributed by atoms with Crippen LogP contribution in [0.5, 0.6) is 5.88 Å². The third kappa shape index (κ3) is 2.98. The van der Waals surface area contributed by atoms with Crippen molar-refractivity contribution in [3.63, 3.8) is 0 Å². The van der Waals surface area contributed by atoms with Gasteiger partial charge in [0.05, 0.1) is 18.4 Å². The van der Waals surface area contributed by atoms with Crippen LogP contribution < -0.4 is 4.74 Å². The number of likely N-dealkylation sites (tertiary alicyclic amines) is 1. The minimum atomic E-state index is 0.124. The van der Waals surface area contributed by atoms with E-state index in [1.54, 1.807) is 7.11 Å². The van der Waals surface area contributed by atoms with E-state index in [4.69, 9.17) is 4.74 Å². The molecule has 1 saturated heterocycles. The van der Waals surface area contributed by atoms with Crippen molar-refractivity contribution in [1.82, 2.24) is 14.9 Å². The highest BCUT2D eigenvalue weighted by Gasteiger charge is 2.35. The number of aryl methyl sites for hydroxylation is 1. The quantitative estimate of drug-likeness (QED) is 0.796. The molecule has 4 rings (SSSR count). The van der Waals surface area contributed by atoms with E-state index >= 15 is 0 Å². The number of nitrogens with zero attached hydrogens (tertiary/aromatic N) is 3. The van der Waals surface area contributed by atoms with Gasteiger partial charge in [-0.1, -0.05) is 24.3 Å². The Hall–Kier alpha value is -2.69. The number of ether oxygens (including phenoxy) is 1. The van der Waals surface area contributed by atoms with Gasteiger partial charge in [0.15, 0.2) is 0 Å². The molecule has 1 aliphatic carbocycles. The molecule has 5 nitrogen and oxygen atoms in total. The minimum Gasteiger partial charge on any atom is -0.480 e. The fourth-order valence-electron chi connectivity index (χ4n) is 4.08. The van der Waals surface area contributed by atoms with Crippen LogP contribution in [-0.2, 0) is 0 Å². The molecule has 2 atom stereocenters. The summed E-state index contributed by atoms with van der Waals surface area (Å²) >= 11 is 0. The van der Waals surface area contributed by atoms with Crippen LogP contribution in [0.1, 0.15) is 28.9 Å². The number of amides is 1. The Morgan fingerprint density at radius 3 is 2.35 bits per heavy atom. The van der Waals surface area contributed by atoms with Gasteiger partial charge in [-0.3, -0.25) is 4.79 Å². The van der Waals surface area contributed by atoms with Crippen molar-refractivity contribution < 1.29 is 9.53 Å². The first-order valence-corrected chi connectivity index (χ1v) is 9.07. The maximum atomic E-state index is 12.9. The average molecular weight is 349 g/mol. The monoisotopic (exact) mass is 349 g/mol. The number of hydrogen-bond donors (Lipinski definition) is 0. The Bertz CT molecular complexity index is 829. The average Bonchev–Trinajstić information content (AvgIpc) is 3.11. The Morgan fingerprint density at radius 1 is 1.08 bits per heavy atom. The fraction of sp³-hybridized carbons (Fsp3) is 0.381. The first kappa shape index (κ1) is 16.8. The summed E-state index contributed by atoms with van der Waals surface area (Å²) in [6.07, 6.45) is 8.20. The van der Waals surface area contributed by atoms with Crippen LogP contribution >= 0.6 is 0 Å². The third-order valence-corrected chi connectivity index (χ3v) is 5.52. The zero-order valence-electron chi connectivity index (χ0n) is 15.2. The van der Waals surface area contributed by atoms with Gasteiger partial charge in [-0.15, -0.1) is 0 Å². The van der Waals surface area contributed by atoms with Gasteiger partial charge < -0.3 is 9.64 Å². The number of aromatic nitrogens is 2. The molecule has 0 radical (unpaired) electrons. The zero-order valence-corrected chi connectivity index (χ0v) is 15.2. The van der Waals surface area contributed by atoms with E-state index in [-0.39, 0.29) is 5.91 Å². The summed E-state index contributed by atoms with van der Waals surface area (Å²) in [5.74, 6) is 1.92. The topological polar surface area (TPSA) is 55.3 Å². The number of fused-ring (bicyclic) bond motifs is 1. The normalized spacial score (nSPS) is 21.5. The van der Waals surface area contributed by atoms with Gasteiger partial charge in [0, 0.05) is 18.7 Å². The minimum absolute atomic E-state index is 0.124. The Morgan fingerprint density at radius 2 is 1.73 bits per heavy atom. The molecule has 0 spiro atoms. The Labute approximate surface area is 153 Å². The molecule has 1 fully saturated rings. The summed E-state index contributed by atoms with van der Waals surface area (Å²) in [7, 11) is 1.60. The second-order valence-corrected chi connectivity index (χ2v) is 7.09. The van der Waals surface area contributed by atoms with Crippen molar-refractivity contribution in [2.45, 2.75) is 19.8 Å². The van der Waals surface area contributed by atoms with Crippen LogP contribution in [-0.4, -0.2) is 41.0 Å². The molecule has 0 N–H and O–H groups in total. The first-order chi connectivity index (χ1) is 12.7. The molecule has 26 heavy (non-hydrogen) atoms. The van der Waals surface area contributed by atoms with Gasteiger partial charge in [0.2, 0.25) is 5.88 Å². The van der Waals surface area contributed by atoms with Crippen LogP contribution in [0.2, 0.25) is 0 Å². The van der Waals surface area contributed by atoms with Crippen molar-refractivity contribution in [2.24, 2.45) is 11.8 Å². The number of carbonyl (C=O) groups excluding carboxylic acids is 1. The Balaban J connectivity index is 1.54. The molecule has 1 aliphatic heterocycles. The standard InChI is InChI=1S/C21H23N3O2/c1-14-19(20(26-2)23-13-22-14)15-7-9-16(10-8-15)21(25)24-11-17-5-3-4-6-18(17)12-24/h3-4,7-10,13,17-18H,5-6,11-12H2,1-2H3/t17-,18+. The lowest BCUT2D eigenvalue weighted by Gasteiger charge is -2.17. The summed E-state index contributed by atoms with van der Waals surface area (Å²) in [6.45, 7) is 3.67. The second kappa shape index (κ2) is 6.90. The number of carbonyl (C=O) groups is 1. The van der Waals surface area contributed by atoms with Gasteiger partial charge >= 0.3 is 0 Å². The number of methoxy groups -OCH3 is 1. The number of rotatable bonds is 3. The number of benzene rings is 1. The molecule has 2 aliphatic rings. The summed E-state index contributed by atoms with van der Waals surface area (Å²) in [5.41, 5.74) is 3.41. The molecule has 2 aromatic rings. The summed E-state index contributed by atoms with van der Waals surface area (Å²) in [4.78, 5) is 23.3. The van der Waals surface area contributed by atoms with Crippen LogP contribution in [0.25, 0.3) is 11.1 Å². The van der Waals surface area contributed by atoms with Crippen LogP contribution in [0.15, 0.2) is 42.7 Å². The molecule has 2 heterocycles. The zero-order chi connectivity index (χ0) is 18.1. The van der Waals surface area contributed by atoms with E-state index < -0.39 is 0 Å². The van der Waals surface area contributed by atoms with Gasteiger partial charge in [-0.2, -0.15) is 0 Å². The van der Waals surface area contributed by atoms with Crippen molar-refractivity contribution in [1.29, 1.82) is 0 Å². The van der Waals surface area contributed by atoms with Gasteiger partial charge in [0.1, 0.15) is 6.33 Å². The predicted molar refractivity (Wildman–Crippen MR) is 100 cm³/mol. The maximum Gasteiger partial charge on any atom is 0.253 e. The lowest BCUT2D eigenvalue weighted by molar-refractivity contribution is 0.0784. The smallest absolute Gasteiger partial charge is 0.253 e. The molecule has 5 heteroatoms. The molecule has 0 saturated carbocycles. The van der Waals surface area contributed by atoms with Crippen molar-refractivity contribution in [3.05, 3.63) is 54.0 Å². The first-order valence-electron chi connectivity index (χ1n) is 9.07. The molecular weight excluding hydrogens is 326 g/mol.